The van der Waals surface area contributed by atoms with Crippen molar-refractivity contribution in [2.75, 3.05) is 7.05 Å². The zero-order chi connectivity index (χ0) is 14.6. The van der Waals surface area contributed by atoms with Gasteiger partial charge >= 0.3 is 12.0 Å². The number of carbonyl (C=O) groups is 2. The van der Waals surface area contributed by atoms with Gasteiger partial charge in [-0.15, -0.1) is 0 Å². The van der Waals surface area contributed by atoms with Gasteiger partial charge in [-0.25, -0.2) is 4.79 Å². The number of furan rings is 1. The maximum atomic E-state index is 11.9. The van der Waals surface area contributed by atoms with Crippen LogP contribution in [0.2, 0.25) is 0 Å². The van der Waals surface area contributed by atoms with E-state index in [1.165, 1.54) is 4.90 Å². The number of carboxylic acid groups (broad SMARTS) is 1. The minimum Gasteiger partial charge on any atom is -0.481 e. The van der Waals surface area contributed by atoms with Gasteiger partial charge in [-0.1, -0.05) is 0 Å². The third-order valence-electron chi connectivity index (χ3n) is 3.21. The molecule has 1 aromatic rings. The Hall–Kier alpha value is -1.98. The van der Waals surface area contributed by atoms with Crippen LogP contribution in [0.15, 0.2) is 16.7 Å². The highest BCUT2D eigenvalue weighted by molar-refractivity contribution is 5.76. The molecule has 6 nitrogen and oxygen atoms in total. The van der Waals surface area contributed by atoms with E-state index in [9.17, 15) is 9.59 Å². The van der Waals surface area contributed by atoms with Crippen LogP contribution in [0.1, 0.15) is 25.2 Å². The van der Waals surface area contributed by atoms with Crippen LogP contribution in [-0.2, 0) is 11.3 Å². The molecule has 0 saturated heterocycles. The monoisotopic (exact) mass is 268 g/mol. The number of hydrogen-bond donors (Lipinski definition) is 2. The second-order valence-electron chi connectivity index (χ2n) is 4.72. The smallest absolute Gasteiger partial charge is 0.317 e. The first-order valence-corrected chi connectivity index (χ1v) is 6.10. The standard InChI is InChI=1S/C13H20N2O4/c1-8(12(16)17)9(2)14-13(18)15(4)7-11-5-6-19-10(11)3/h5-6,8-9H,7H2,1-4H3,(H,14,18)(H,16,17). The number of hydrogen-bond acceptors (Lipinski definition) is 3. The summed E-state index contributed by atoms with van der Waals surface area (Å²) in [5, 5.41) is 11.5. The molecule has 0 radical (unpaired) electrons. The van der Waals surface area contributed by atoms with Gasteiger partial charge in [0.15, 0.2) is 0 Å². The summed E-state index contributed by atoms with van der Waals surface area (Å²) in [6.45, 7) is 5.49. The van der Waals surface area contributed by atoms with E-state index in [-0.39, 0.29) is 6.03 Å². The van der Waals surface area contributed by atoms with Crippen LogP contribution in [0.4, 0.5) is 4.79 Å². The Morgan fingerprint density at radius 1 is 1.47 bits per heavy atom. The van der Waals surface area contributed by atoms with Gasteiger partial charge in [-0.3, -0.25) is 4.79 Å². The molecule has 1 rings (SSSR count). The number of urea groups is 1. The molecule has 2 amide bonds. The third kappa shape index (κ3) is 4.01. The predicted molar refractivity (Wildman–Crippen MR) is 69.7 cm³/mol. The highest BCUT2D eigenvalue weighted by atomic mass is 16.4. The first kappa shape index (κ1) is 15.1. The molecule has 106 valence electrons. The van der Waals surface area contributed by atoms with Gasteiger partial charge in [0.25, 0.3) is 0 Å². The second kappa shape index (κ2) is 6.26. The molecule has 0 aromatic carbocycles. The fourth-order valence-electron chi connectivity index (χ4n) is 1.55. The van der Waals surface area contributed by atoms with Crippen molar-refractivity contribution in [2.45, 2.75) is 33.4 Å². The maximum Gasteiger partial charge on any atom is 0.317 e. The van der Waals surface area contributed by atoms with Crippen molar-refractivity contribution in [3.05, 3.63) is 23.7 Å². The number of nitrogens with zero attached hydrogens (tertiary/aromatic N) is 1. The lowest BCUT2D eigenvalue weighted by Crippen LogP contribution is -2.45. The molecule has 2 N–H and O–H groups in total. The molecule has 0 saturated carbocycles. The number of rotatable bonds is 5. The van der Waals surface area contributed by atoms with Crippen molar-refractivity contribution in [3.63, 3.8) is 0 Å². The van der Waals surface area contributed by atoms with E-state index in [1.807, 2.05) is 13.0 Å². The summed E-state index contributed by atoms with van der Waals surface area (Å²) in [5.74, 6) is -0.791. The Kier molecular flexibility index (Phi) is 4.97. The summed E-state index contributed by atoms with van der Waals surface area (Å²) in [7, 11) is 1.65. The number of nitrogens with one attached hydrogen (secondary N) is 1. The Labute approximate surface area is 112 Å². The van der Waals surface area contributed by atoms with Crippen LogP contribution in [-0.4, -0.2) is 35.1 Å². The van der Waals surface area contributed by atoms with Gasteiger partial charge < -0.3 is 19.7 Å². The first-order valence-electron chi connectivity index (χ1n) is 6.10. The topological polar surface area (TPSA) is 82.8 Å². The van der Waals surface area contributed by atoms with Gasteiger partial charge in [-0.2, -0.15) is 0 Å². The van der Waals surface area contributed by atoms with E-state index < -0.39 is 17.9 Å². The predicted octanol–water partition coefficient (Wildman–Crippen LogP) is 1.84. The minimum absolute atomic E-state index is 0.304. The summed E-state index contributed by atoms with van der Waals surface area (Å²) in [5.41, 5.74) is 0.927. The lowest BCUT2D eigenvalue weighted by Gasteiger charge is -2.23. The Bertz CT molecular complexity index is 455. The van der Waals surface area contributed by atoms with Gasteiger partial charge in [-0.05, 0) is 26.8 Å². The van der Waals surface area contributed by atoms with E-state index in [1.54, 1.807) is 27.2 Å². The van der Waals surface area contributed by atoms with Crippen LogP contribution in [0, 0.1) is 12.8 Å². The third-order valence-corrected chi connectivity index (χ3v) is 3.21. The van der Waals surface area contributed by atoms with E-state index in [2.05, 4.69) is 5.32 Å². The number of carbonyl (C=O) groups excluding carboxylic acids is 1. The molecule has 2 unspecified atom stereocenters. The number of aryl methyl sites for hydroxylation is 1. The molecule has 0 aliphatic carbocycles. The molecule has 0 spiro atoms. The average molecular weight is 268 g/mol. The zero-order valence-electron chi connectivity index (χ0n) is 11.6. The van der Waals surface area contributed by atoms with Crippen molar-refractivity contribution >= 4 is 12.0 Å². The number of carboxylic acids is 1. The minimum atomic E-state index is -0.930. The summed E-state index contributed by atoms with van der Waals surface area (Å²) in [6, 6.07) is 1.07. The highest BCUT2D eigenvalue weighted by Gasteiger charge is 2.22. The van der Waals surface area contributed by atoms with Crippen molar-refractivity contribution in [2.24, 2.45) is 5.92 Å². The number of aliphatic carboxylic acids is 1. The molecule has 0 bridgehead atoms. The molecule has 0 aliphatic heterocycles. The SMILES string of the molecule is Cc1occc1CN(C)C(=O)NC(C)C(C)C(=O)O. The Morgan fingerprint density at radius 2 is 2.11 bits per heavy atom. The molecule has 6 heteroatoms. The Balaban J connectivity index is 2.54. The fraction of sp³-hybridized carbons (Fsp3) is 0.538. The van der Waals surface area contributed by atoms with Crippen LogP contribution in [0.3, 0.4) is 0 Å². The molecular weight excluding hydrogens is 248 g/mol. The highest BCUT2D eigenvalue weighted by Crippen LogP contribution is 2.11. The second-order valence-corrected chi connectivity index (χ2v) is 4.72. The number of amides is 2. The van der Waals surface area contributed by atoms with E-state index in [0.29, 0.717) is 6.54 Å². The summed E-state index contributed by atoms with van der Waals surface area (Å²) < 4.78 is 5.16. The van der Waals surface area contributed by atoms with Crippen molar-refractivity contribution in [1.82, 2.24) is 10.2 Å². The van der Waals surface area contributed by atoms with Gasteiger partial charge in [0.2, 0.25) is 0 Å². The average Bonchev–Trinajstić information content (AvgIpc) is 2.73. The normalized spacial score (nSPS) is 13.7. The fourth-order valence-corrected chi connectivity index (χ4v) is 1.55. The van der Waals surface area contributed by atoms with Crippen LogP contribution in [0.5, 0.6) is 0 Å². The van der Waals surface area contributed by atoms with Gasteiger partial charge in [0.1, 0.15) is 5.76 Å². The van der Waals surface area contributed by atoms with Crippen molar-refractivity contribution in [3.8, 4) is 0 Å². The quantitative estimate of drug-likeness (QED) is 0.853. The largest absolute Gasteiger partial charge is 0.481 e. The first-order chi connectivity index (χ1) is 8.82. The zero-order valence-corrected chi connectivity index (χ0v) is 11.6. The van der Waals surface area contributed by atoms with Crippen LogP contribution in [0.25, 0.3) is 0 Å². The van der Waals surface area contributed by atoms with Crippen LogP contribution >= 0.6 is 0 Å². The summed E-state index contributed by atoms with van der Waals surface area (Å²) in [6.07, 6.45) is 1.57. The molecule has 1 heterocycles. The van der Waals surface area contributed by atoms with Gasteiger partial charge in [0.05, 0.1) is 18.7 Å². The lowest BCUT2D eigenvalue weighted by atomic mass is 10.0. The molecular formula is C13H20N2O4. The Morgan fingerprint density at radius 3 is 2.58 bits per heavy atom. The van der Waals surface area contributed by atoms with E-state index in [0.717, 1.165) is 11.3 Å². The summed E-state index contributed by atoms with van der Waals surface area (Å²) in [4.78, 5) is 24.2. The molecule has 2 atom stereocenters. The maximum absolute atomic E-state index is 11.9. The van der Waals surface area contributed by atoms with Gasteiger partial charge in [0, 0.05) is 18.7 Å². The molecule has 0 aliphatic rings. The van der Waals surface area contributed by atoms with E-state index >= 15 is 0 Å². The molecule has 19 heavy (non-hydrogen) atoms. The molecule has 1 aromatic heterocycles. The van der Waals surface area contributed by atoms with Crippen molar-refractivity contribution < 1.29 is 19.1 Å². The van der Waals surface area contributed by atoms with E-state index in [4.69, 9.17) is 9.52 Å². The lowest BCUT2D eigenvalue weighted by molar-refractivity contribution is -0.141. The summed E-state index contributed by atoms with van der Waals surface area (Å²) >= 11 is 0. The van der Waals surface area contributed by atoms with Crippen molar-refractivity contribution in [1.29, 1.82) is 0 Å². The molecule has 0 fully saturated rings. The van der Waals surface area contributed by atoms with Crippen LogP contribution < -0.4 is 5.32 Å².